The van der Waals surface area contributed by atoms with Crippen molar-refractivity contribution in [3.63, 3.8) is 0 Å². The predicted molar refractivity (Wildman–Crippen MR) is 98.3 cm³/mol. The van der Waals surface area contributed by atoms with Gasteiger partial charge in [-0.1, -0.05) is 35.9 Å². The van der Waals surface area contributed by atoms with Gasteiger partial charge in [0, 0.05) is 10.9 Å². The molecule has 3 rings (SSSR count). The summed E-state index contributed by atoms with van der Waals surface area (Å²) in [4.78, 5) is 25.1. The number of halogens is 2. The maximum atomic E-state index is 13.2. The number of ketones is 1. The fourth-order valence-corrected chi connectivity index (χ4v) is 3.40. The molecule has 0 saturated heterocycles. The van der Waals surface area contributed by atoms with Gasteiger partial charge in [-0.25, -0.2) is 4.39 Å². The van der Waals surface area contributed by atoms with Gasteiger partial charge in [-0.3, -0.25) is 9.59 Å². The number of ether oxygens (including phenoxy) is 1. The van der Waals surface area contributed by atoms with E-state index in [-0.39, 0.29) is 24.1 Å². The van der Waals surface area contributed by atoms with Crippen molar-refractivity contribution in [2.45, 2.75) is 19.3 Å². The minimum atomic E-state index is -0.889. The molecule has 0 aliphatic heterocycles. The summed E-state index contributed by atoms with van der Waals surface area (Å²) in [6, 6.07) is 13.1. The molecule has 0 aromatic heterocycles. The summed E-state index contributed by atoms with van der Waals surface area (Å²) in [5.74, 6) is -2.40. The van der Waals surface area contributed by atoms with Crippen LogP contribution < -0.4 is 0 Å². The number of carbonyl (C=O) groups excluding carboxylic acids is 2. The Morgan fingerprint density at radius 1 is 1.15 bits per heavy atom. The lowest BCUT2D eigenvalue weighted by molar-refractivity contribution is -0.151. The maximum Gasteiger partial charge on any atom is 0.317 e. The van der Waals surface area contributed by atoms with Crippen LogP contribution in [0.25, 0.3) is 5.57 Å². The minimum absolute atomic E-state index is 0.213. The summed E-state index contributed by atoms with van der Waals surface area (Å²) in [7, 11) is 0. The number of allylic oxidation sites excluding steroid dienone is 2. The molecule has 5 heteroatoms. The lowest BCUT2D eigenvalue weighted by Crippen LogP contribution is -2.34. The standard InChI is InChI=1S/C21H18ClFO3/c1-2-26-21(25)20-18(14-3-7-16(22)8-4-14)11-15(12-19(20)24)13-5-9-17(23)10-6-13/h3-10,12,18,20H,2,11H2,1H3. The van der Waals surface area contributed by atoms with Gasteiger partial charge in [-0.05, 0) is 60.4 Å². The van der Waals surface area contributed by atoms with Gasteiger partial charge in [0.15, 0.2) is 5.78 Å². The second kappa shape index (κ2) is 7.83. The van der Waals surface area contributed by atoms with Crippen LogP contribution >= 0.6 is 11.6 Å². The van der Waals surface area contributed by atoms with Crippen molar-refractivity contribution < 1.29 is 18.7 Å². The van der Waals surface area contributed by atoms with Crippen molar-refractivity contribution in [2.24, 2.45) is 5.92 Å². The molecular weight excluding hydrogens is 355 g/mol. The van der Waals surface area contributed by atoms with E-state index < -0.39 is 11.9 Å². The van der Waals surface area contributed by atoms with E-state index in [2.05, 4.69) is 0 Å². The number of hydrogen-bond donors (Lipinski definition) is 0. The Morgan fingerprint density at radius 2 is 1.81 bits per heavy atom. The Balaban J connectivity index is 2.01. The van der Waals surface area contributed by atoms with E-state index in [0.717, 1.165) is 16.7 Å². The summed E-state index contributed by atoms with van der Waals surface area (Å²) >= 11 is 5.96. The molecule has 2 aromatic carbocycles. The number of esters is 1. The maximum absolute atomic E-state index is 13.2. The van der Waals surface area contributed by atoms with E-state index in [0.29, 0.717) is 11.4 Å². The van der Waals surface area contributed by atoms with Gasteiger partial charge in [0.2, 0.25) is 0 Å². The van der Waals surface area contributed by atoms with E-state index in [4.69, 9.17) is 16.3 Å². The highest BCUT2D eigenvalue weighted by atomic mass is 35.5. The van der Waals surface area contributed by atoms with Crippen LogP contribution in [0, 0.1) is 11.7 Å². The lowest BCUT2D eigenvalue weighted by atomic mass is 9.73. The van der Waals surface area contributed by atoms with Crippen LogP contribution in [-0.2, 0) is 14.3 Å². The molecule has 1 aliphatic rings. The van der Waals surface area contributed by atoms with Crippen LogP contribution in [0.15, 0.2) is 54.6 Å². The highest BCUT2D eigenvalue weighted by Crippen LogP contribution is 2.40. The fraction of sp³-hybridized carbons (Fsp3) is 0.238. The molecule has 0 bridgehead atoms. The first kappa shape index (κ1) is 18.3. The third kappa shape index (κ3) is 3.86. The number of hydrogen-bond acceptors (Lipinski definition) is 3. The molecule has 0 saturated carbocycles. The van der Waals surface area contributed by atoms with Gasteiger partial charge in [0.1, 0.15) is 11.7 Å². The van der Waals surface area contributed by atoms with E-state index in [1.165, 1.54) is 18.2 Å². The Labute approximate surface area is 156 Å². The molecule has 26 heavy (non-hydrogen) atoms. The van der Waals surface area contributed by atoms with Gasteiger partial charge in [0.05, 0.1) is 6.61 Å². The van der Waals surface area contributed by atoms with Gasteiger partial charge in [-0.2, -0.15) is 0 Å². The molecule has 0 amide bonds. The Hall–Kier alpha value is -2.46. The Kier molecular flexibility index (Phi) is 5.52. The molecule has 2 atom stereocenters. The third-order valence-electron chi connectivity index (χ3n) is 4.52. The Morgan fingerprint density at radius 3 is 2.42 bits per heavy atom. The first-order valence-electron chi connectivity index (χ1n) is 8.42. The van der Waals surface area contributed by atoms with E-state index >= 15 is 0 Å². The summed E-state index contributed by atoms with van der Waals surface area (Å²) in [6.07, 6.45) is 1.95. The zero-order chi connectivity index (χ0) is 18.7. The minimum Gasteiger partial charge on any atom is -0.465 e. The smallest absolute Gasteiger partial charge is 0.317 e. The quantitative estimate of drug-likeness (QED) is 0.572. The van der Waals surface area contributed by atoms with Crippen LogP contribution in [0.3, 0.4) is 0 Å². The van der Waals surface area contributed by atoms with E-state index in [1.807, 2.05) is 12.1 Å². The first-order chi connectivity index (χ1) is 12.5. The third-order valence-corrected chi connectivity index (χ3v) is 4.77. The zero-order valence-corrected chi connectivity index (χ0v) is 15.0. The molecule has 134 valence electrons. The van der Waals surface area contributed by atoms with Gasteiger partial charge in [-0.15, -0.1) is 0 Å². The highest BCUT2D eigenvalue weighted by molar-refractivity contribution is 6.30. The molecule has 0 fully saturated rings. The van der Waals surface area contributed by atoms with Crippen LogP contribution in [0.1, 0.15) is 30.4 Å². The van der Waals surface area contributed by atoms with Crippen molar-refractivity contribution in [3.8, 4) is 0 Å². The van der Waals surface area contributed by atoms with E-state index in [9.17, 15) is 14.0 Å². The topological polar surface area (TPSA) is 43.4 Å². The highest BCUT2D eigenvalue weighted by Gasteiger charge is 2.39. The molecule has 3 nitrogen and oxygen atoms in total. The molecule has 2 unspecified atom stereocenters. The van der Waals surface area contributed by atoms with Crippen molar-refractivity contribution >= 4 is 28.9 Å². The van der Waals surface area contributed by atoms with Crippen LogP contribution in [0.4, 0.5) is 4.39 Å². The summed E-state index contributed by atoms with van der Waals surface area (Å²) in [6.45, 7) is 1.92. The van der Waals surface area contributed by atoms with Crippen LogP contribution in [0.5, 0.6) is 0 Å². The van der Waals surface area contributed by atoms with Crippen molar-refractivity contribution in [2.75, 3.05) is 6.61 Å². The molecular formula is C21H18ClFO3. The van der Waals surface area contributed by atoms with Crippen LogP contribution in [-0.4, -0.2) is 18.4 Å². The molecule has 0 heterocycles. The largest absolute Gasteiger partial charge is 0.465 e. The average Bonchev–Trinajstić information content (AvgIpc) is 2.62. The number of carbonyl (C=O) groups is 2. The number of benzene rings is 2. The molecule has 0 spiro atoms. The number of rotatable bonds is 4. The zero-order valence-electron chi connectivity index (χ0n) is 14.2. The van der Waals surface area contributed by atoms with Crippen molar-refractivity contribution in [3.05, 3.63) is 76.6 Å². The van der Waals surface area contributed by atoms with Crippen molar-refractivity contribution in [1.82, 2.24) is 0 Å². The lowest BCUT2D eigenvalue weighted by Gasteiger charge is -2.29. The molecule has 2 aromatic rings. The normalized spacial score (nSPS) is 19.8. The van der Waals surface area contributed by atoms with Crippen LogP contribution in [0.2, 0.25) is 5.02 Å². The van der Waals surface area contributed by atoms with E-state index in [1.54, 1.807) is 31.2 Å². The van der Waals surface area contributed by atoms with Gasteiger partial charge < -0.3 is 4.74 Å². The molecule has 0 N–H and O–H groups in total. The second-order valence-electron chi connectivity index (χ2n) is 6.17. The molecule has 1 aliphatic carbocycles. The molecule has 0 radical (unpaired) electrons. The van der Waals surface area contributed by atoms with Crippen molar-refractivity contribution in [1.29, 1.82) is 0 Å². The monoisotopic (exact) mass is 372 g/mol. The predicted octanol–water partition coefficient (Wildman–Crippen LogP) is 4.80. The first-order valence-corrected chi connectivity index (χ1v) is 8.80. The van der Waals surface area contributed by atoms with Gasteiger partial charge >= 0.3 is 5.97 Å². The fourth-order valence-electron chi connectivity index (χ4n) is 3.27. The summed E-state index contributed by atoms with van der Waals surface area (Å²) in [5, 5.41) is 0.581. The Bertz CT molecular complexity index is 841. The SMILES string of the molecule is CCOC(=O)C1C(=O)C=C(c2ccc(F)cc2)CC1c1ccc(Cl)cc1. The van der Waals surface area contributed by atoms with Gasteiger partial charge in [0.25, 0.3) is 0 Å². The summed E-state index contributed by atoms with van der Waals surface area (Å²) in [5.41, 5.74) is 2.38. The summed E-state index contributed by atoms with van der Waals surface area (Å²) < 4.78 is 18.3. The average molecular weight is 373 g/mol. The second-order valence-corrected chi connectivity index (χ2v) is 6.61.